The Kier molecular flexibility index (Phi) is 5.05. The van der Waals surface area contributed by atoms with Crippen molar-refractivity contribution in [3.63, 3.8) is 0 Å². The topological polar surface area (TPSA) is 90.0 Å². The van der Waals surface area contributed by atoms with Crippen LogP contribution in [0.2, 0.25) is 5.02 Å². The van der Waals surface area contributed by atoms with E-state index in [1.807, 2.05) is 43.3 Å². The van der Waals surface area contributed by atoms with Crippen molar-refractivity contribution < 1.29 is 4.79 Å². The summed E-state index contributed by atoms with van der Waals surface area (Å²) in [6, 6.07) is 15.2. The van der Waals surface area contributed by atoms with Crippen molar-refractivity contribution in [3.05, 3.63) is 71.6 Å². The Labute approximate surface area is 186 Å². The molecule has 0 fully saturated rings. The van der Waals surface area contributed by atoms with Gasteiger partial charge in [0.1, 0.15) is 6.33 Å². The number of hydrogen-bond acceptors (Lipinski definition) is 6. The van der Waals surface area contributed by atoms with Crippen molar-refractivity contribution in [1.82, 2.24) is 29.4 Å². The molecule has 3 aromatic heterocycles. The fraction of sp³-hybridized carbons (Fsp3) is 0.0952. The van der Waals surface area contributed by atoms with Crippen molar-refractivity contribution >= 4 is 51.6 Å². The van der Waals surface area contributed by atoms with E-state index >= 15 is 0 Å². The number of para-hydroxylation sites is 1. The smallest absolute Gasteiger partial charge is 0.234 e. The second-order valence-corrected chi connectivity index (χ2v) is 8.15. The van der Waals surface area contributed by atoms with Crippen LogP contribution in [0.15, 0.2) is 66.2 Å². The average Bonchev–Trinajstić information content (AvgIpc) is 3.40. The van der Waals surface area contributed by atoms with Gasteiger partial charge in [-0.05, 0) is 36.8 Å². The lowest BCUT2D eigenvalue weighted by molar-refractivity contribution is -0.113. The third kappa shape index (κ3) is 3.62. The van der Waals surface area contributed by atoms with Gasteiger partial charge in [-0.15, -0.1) is 10.2 Å². The molecule has 3 heterocycles. The summed E-state index contributed by atoms with van der Waals surface area (Å²) in [7, 11) is 0. The van der Waals surface area contributed by atoms with Crippen molar-refractivity contribution in [3.8, 4) is 5.69 Å². The molecule has 5 aromatic rings. The molecule has 1 N–H and O–H groups in total. The molecule has 154 valence electrons. The molecule has 0 aliphatic carbocycles. The van der Waals surface area contributed by atoms with Gasteiger partial charge in [0.2, 0.25) is 5.91 Å². The second-order valence-electron chi connectivity index (χ2n) is 6.80. The van der Waals surface area contributed by atoms with Crippen LogP contribution in [0.3, 0.4) is 0 Å². The number of thioether (sulfide) groups is 1. The highest BCUT2D eigenvalue weighted by Gasteiger charge is 2.16. The maximum atomic E-state index is 12.4. The number of nitrogens with one attached hydrogen (secondary N) is 1. The van der Waals surface area contributed by atoms with Gasteiger partial charge in [0.05, 0.1) is 23.0 Å². The van der Waals surface area contributed by atoms with E-state index in [1.54, 1.807) is 33.7 Å². The van der Waals surface area contributed by atoms with Crippen molar-refractivity contribution in [1.29, 1.82) is 0 Å². The van der Waals surface area contributed by atoms with Crippen LogP contribution in [0.25, 0.3) is 22.4 Å². The van der Waals surface area contributed by atoms with Crippen molar-refractivity contribution in [2.24, 2.45) is 0 Å². The molecule has 0 spiro atoms. The number of rotatable bonds is 5. The van der Waals surface area contributed by atoms with Crippen molar-refractivity contribution in [2.75, 3.05) is 11.1 Å². The molecule has 5 rings (SSSR count). The molecule has 0 atom stereocenters. The van der Waals surface area contributed by atoms with Gasteiger partial charge < -0.3 is 5.32 Å². The molecule has 0 bridgehead atoms. The molecule has 8 nitrogen and oxygen atoms in total. The first kappa shape index (κ1) is 19.5. The zero-order valence-corrected chi connectivity index (χ0v) is 17.9. The van der Waals surface area contributed by atoms with Gasteiger partial charge in [0, 0.05) is 10.7 Å². The van der Waals surface area contributed by atoms with Gasteiger partial charge in [0.15, 0.2) is 16.5 Å². The largest absolute Gasteiger partial charge is 0.325 e. The van der Waals surface area contributed by atoms with Crippen LogP contribution in [-0.2, 0) is 4.79 Å². The number of anilines is 1. The number of carbonyl (C=O) groups excluding carboxylic acids is 1. The van der Waals surface area contributed by atoms with E-state index in [1.165, 1.54) is 11.8 Å². The van der Waals surface area contributed by atoms with Crippen molar-refractivity contribution in [2.45, 2.75) is 12.1 Å². The highest BCUT2D eigenvalue weighted by Crippen LogP contribution is 2.25. The standard InChI is InChI=1S/C21H16ClN7OS/c1-13-16(22)8-5-9-17(13)25-18(30)11-31-21-27-26-20-15-10-24-29(14-6-3-2-4-7-14)19(15)23-12-28(20)21/h2-10,12H,11H2,1H3,(H,25,30). The summed E-state index contributed by atoms with van der Waals surface area (Å²) in [4.78, 5) is 17.0. The van der Waals surface area contributed by atoms with Gasteiger partial charge in [0.25, 0.3) is 0 Å². The lowest BCUT2D eigenvalue weighted by atomic mass is 10.2. The molecule has 0 aliphatic rings. The third-order valence-electron chi connectivity index (χ3n) is 4.82. The molecule has 2 aromatic carbocycles. The van der Waals surface area contributed by atoms with E-state index in [4.69, 9.17) is 11.6 Å². The summed E-state index contributed by atoms with van der Waals surface area (Å²) >= 11 is 7.40. The normalized spacial score (nSPS) is 11.3. The Morgan fingerprint density at radius 2 is 1.94 bits per heavy atom. The summed E-state index contributed by atoms with van der Waals surface area (Å²) in [5.41, 5.74) is 3.77. The first-order valence-corrected chi connectivity index (χ1v) is 10.8. The molecule has 0 aliphatic heterocycles. The number of carbonyl (C=O) groups is 1. The van der Waals surface area contributed by atoms with Gasteiger partial charge in [-0.2, -0.15) is 5.10 Å². The molecule has 10 heteroatoms. The van der Waals surface area contributed by atoms with Crippen LogP contribution < -0.4 is 5.32 Å². The number of halogens is 1. The van der Waals surface area contributed by atoms with Gasteiger partial charge in [-0.1, -0.05) is 47.6 Å². The van der Waals surface area contributed by atoms with Crippen LogP contribution in [-0.4, -0.2) is 41.0 Å². The summed E-state index contributed by atoms with van der Waals surface area (Å²) in [6.45, 7) is 1.86. The van der Waals surface area contributed by atoms with Gasteiger partial charge in [-0.25, -0.2) is 9.67 Å². The molecule has 0 saturated heterocycles. The number of fused-ring (bicyclic) bond motifs is 3. The average molecular weight is 450 g/mol. The number of nitrogens with zero attached hydrogens (tertiary/aromatic N) is 6. The SMILES string of the molecule is Cc1c(Cl)cccc1NC(=O)CSc1nnc2c3cnn(-c4ccccc4)c3ncn12. The Bertz CT molecular complexity index is 1410. The first-order valence-electron chi connectivity index (χ1n) is 9.42. The molecule has 1 amide bonds. The Morgan fingerprint density at radius 1 is 1.10 bits per heavy atom. The predicted octanol–water partition coefficient (Wildman–Crippen LogP) is 4.16. The summed E-state index contributed by atoms with van der Waals surface area (Å²) in [6.07, 6.45) is 3.38. The van der Waals surface area contributed by atoms with E-state index in [0.717, 1.165) is 16.6 Å². The summed E-state index contributed by atoms with van der Waals surface area (Å²) < 4.78 is 3.53. The van der Waals surface area contributed by atoms with E-state index in [9.17, 15) is 4.79 Å². The van der Waals surface area contributed by atoms with E-state index < -0.39 is 0 Å². The zero-order chi connectivity index (χ0) is 21.4. The number of aromatic nitrogens is 6. The third-order valence-corrected chi connectivity index (χ3v) is 6.17. The van der Waals surface area contributed by atoms with Crippen LogP contribution in [0.1, 0.15) is 5.56 Å². The molecule has 0 unspecified atom stereocenters. The maximum Gasteiger partial charge on any atom is 0.234 e. The number of hydrogen-bond donors (Lipinski definition) is 1. The fourth-order valence-electron chi connectivity index (χ4n) is 3.22. The monoisotopic (exact) mass is 449 g/mol. The van der Waals surface area contributed by atoms with Crippen LogP contribution in [0, 0.1) is 6.92 Å². The van der Waals surface area contributed by atoms with E-state index in [2.05, 4.69) is 25.6 Å². The van der Waals surface area contributed by atoms with Crippen LogP contribution >= 0.6 is 23.4 Å². The Hall–Kier alpha value is -3.43. The molecular formula is C21H16ClN7OS. The predicted molar refractivity (Wildman–Crippen MR) is 121 cm³/mol. The minimum absolute atomic E-state index is 0.155. The number of amides is 1. The number of benzene rings is 2. The minimum atomic E-state index is -0.155. The fourth-order valence-corrected chi connectivity index (χ4v) is 4.10. The lowest BCUT2D eigenvalue weighted by Gasteiger charge is -2.09. The second kappa shape index (κ2) is 8.01. The summed E-state index contributed by atoms with van der Waals surface area (Å²) in [5.74, 6) is 0.0201. The minimum Gasteiger partial charge on any atom is -0.325 e. The van der Waals surface area contributed by atoms with Crippen LogP contribution in [0.5, 0.6) is 0 Å². The first-order chi connectivity index (χ1) is 15.1. The maximum absolute atomic E-state index is 12.4. The van der Waals surface area contributed by atoms with E-state index in [0.29, 0.717) is 27.2 Å². The Balaban J connectivity index is 1.38. The Morgan fingerprint density at radius 3 is 2.77 bits per heavy atom. The summed E-state index contributed by atoms with van der Waals surface area (Å²) in [5, 5.41) is 17.8. The molecule has 0 saturated carbocycles. The molecule has 31 heavy (non-hydrogen) atoms. The highest BCUT2D eigenvalue weighted by molar-refractivity contribution is 7.99. The zero-order valence-electron chi connectivity index (χ0n) is 16.4. The van der Waals surface area contributed by atoms with Gasteiger partial charge in [-0.3, -0.25) is 9.20 Å². The van der Waals surface area contributed by atoms with Crippen LogP contribution in [0.4, 0.5) is 5.69 Å². The lowest BCUT2D eigenvalue weighted by Crippen LogP contribution is -2.15. The van der Waals surface area contributed by atoms with Gasteiger partial charge >= 0.3 is 0 Å². The quantitative estimate of drug-likeness (QED) is 0.405. The molecule has 0 radical (unpaired) electrons. The highest BCUT2D eigenvalue weighted by atomic mass is 35.5. The van der Waals surface area contributed by atoms with E-state index in [-0.39, 0.29) is 11.7 Å². The molecular weight excluding hydrogens is 434 g/mol.